The van der Waals surface area contributed by atoms with E-state index in [2.05, 4.69) is 22.5 Å². The first-order chi connectivity index (χ1) is 6.54. The fraction of sp³-hybridized carbons (Fsp3) is 0.636. The molecule has 0 fully saturated rings. The van der Waals surface area contributed by atoms with Gasteiger partial charge in [0.2, 0.25) is 0 Å². The first-order valence-corrected chi connectivity index (χ1v) is 5.86. The average Bonchev–Trinajstić information content (AvgIpc) is 2.10. The molecule has 0 amide bonds. The maximum absolute atomic E-state index is 11.3. The van der Waals surface area contributed by atoms with Crippen molar-refractivity contribution < 1.29 is 9.59 Å². The molecule has 0 saturated heterocycles. The zero-order valence-electron chi connectivity index (χ0n) is 8.75. The molecule has 2 nitrogen and oxygen atoms in total. The summed E-state index contributed by atoms with van der Waals surface area (Å²) in [6.45, 7) is 6.62. The van der Waals surface area contributed by atoms with Crippen LogP contribution in [0.25, 0.3) is 0 Å². The Morgan fingerprint density at radius 2 is 1.86 bits per heavy atom. The number of halogens is 1. The Balaban J connectivity index is 4.50. The maximum Gasteiger partial charge on any atom is 0.140 e. The van der Waals surface area contributed by atoms with Crippen molar-refractivity contribution >= 4 is 27.5 Å². The van der Waals surface area contributed by atoms with Gasteiger partial charge in [0.1, 0.15) is 11.6 Å². The van der Waals surface area contributed by atoms with Crippen LogP contribution in [0, 0.1) is 11.8 Å². The van der Waals surface area contributed by atoms with E-state index in [-0.39, 0.29) is 17.5 Å². The van der Waals surface area contributed by atoms with Crippen LogP contribution in [0.3, 0.4) is 0 Å². The minimum Gasteiger partial charge on any atom is -0.299 e. The number of hydrogen-bond donors (Lipinski definition) is 0. The number of rotatable bonds is 7. The van der Waals surface area contributed by atoms with E-state index in [4.69, 9.17) is 0 Å². The summed E-state index contributed by atoms with van der Waals surface area (Å²) in [5.74, 6) is -0.622. The smallest absolute Gasteiger partial charge is 0.140 e. The second-order valence-corrected chi connectivity index (χ2v) is 4.22. The highest BCUT2D eigenvalue weighted by molar-refractivity contribution is 9.09. The Bertz CT molecular complexity index is 209. The average molecular weight is 261 g/mol. The molecule has 0 aromatic carbocycles. The summed E-state index contributed by atoms with van der Waals surface area (Å²) >= 11 is 3.33. The topological polar surface area (TPSA) is 34.1 Å². The van der Waals surface area contributed by atoms with Gasteiger partial charge >= 0.3 is 0 Å². The van der Waals surface area contributed by atoms with Crippen molar-refractivity contribution in [2.75, 3.05) is 5.33 Å². The predicted molar refractivity (Wildman–Crippen MR) is 61.6 cm³/mol. The maximum atomic E-state index is 11.3. The van der Waals surface area contributed by atoms with E-state index in [9.17, 15) is 9.59 Å². The van der Waals surface area contributed by atoms with Crippen molar-refractivity contribution in [3.63, 3.8) is 0 Å². The Kier molecular flexibility index (Phi) is 6.71. The summed E-state index contributed by atoms with van der Waals surface area (Å²) < 4.78 is 0. The molecular formula is C11H17BrO2. The lowest BCUT2D eigenvalue weighted by Crippen LogP contribution is -2.27. The molecule has 3 heteroatoms. The van der Waals surface area contributed by atoms with Gasteiger partial charge in [-0.2, -0.15) is 0 Å². The largest absolute Gasteiger partial charge is 0.299 e. The number of ketones is 2. The number of hydrogen-bond acceptors (Lipinski definition) is 2. The van der Waals surface area contributed by atoms with Crippen LogP contribution in [0.4, 0.5) is 0 Å². The van der Waals surface area contributed by atoms with E-state index in [1.807, 2.05) is 0 Å². The van der Waals surface area contributed by atoms with Gasteiger partial charge in [-0.25, -0.2) is 0 Å². The zero-order chi connectivity index (χ0) is 11.1. The fourth-order valence-electron chi connectivity index (χ4n) is 1.62. The highest BCUT2D eigenvalue weighted by atomic mass is 79.9. The summed E-state index contributed by atoms with van der Waals surface area (Å²) in [5.41, 5.74) is 0. The molecule has 0 aromatic rings. The van der Waals surface area contributed by atoms with Gasteiger partial charge in [-0.05, 0) is 32.6 Å². The molecule has 14 heavy (non-hydrogen) atoms. The van der Waals surface area contributed by atoms with E-state index in [0.717, 1.165) is 18.2 Å². The molecule has 0 N–H and O–H groups in total. The molecule has 0 aliphatic carbocycles. The van der Waals surface area contributed by atoms with Crippen LogP contribution in [0.5, 0.6) is 0 Å². The van der Waals surface area contributed by atoms with Crippen molar-refractivity contribution in [3.05, 3.63) is 12.7 Å². The summed E-state index contributed by atoms with van der Waals surface area (Å²) in [6.07, 6.45) is 3.50. The van der Waals surface area contributed by atoms with Gasteiger partial charge in [0.15, 0.2) is 0 Å². The van der Waals surface area contributed by atoms with Crippen LogP contribution in [0.1, 0.15) is 26.7 Å². The van der Waals surface area contributed by atoms with Crippen LogP contribution in [0.2, 0.25) is 0 Å². The van der Waals surface area contributed by atoms with Gasteiger partial charge in [0, 0.05) is 5.33 Å². The van der Waals surface area contributed by atoms with Gasteiger partial charge in [-0.15, -0.1) is 6.58 Å². The van der Waals surface area contributed by atoms with Gasteiger partial charge in [0.25, 0.3) is 0 Å². The summed E-state index contributed by atoms with van der Waals surface area (Å²) in [7, 11) is 0. The van der Waals surface area contributed by atoms with Crippen LogP contribution in [0.15, 0.2) is 12.7 Å². The standard InChI is InChI=1S/C11H17BrO2/c1-4-10(6-5-7-12)11(8(2)13)9(3)14/h4,10-11H,1,5-7H2,2-3H3/t10-/m0/s1. The molecule has 0 saturated carbocycles. The molecule has 1 atom stereocenters. The normalized spacial score (nSPS) is 12.6. The molecule has 0 spiro atoms. The minimum absolute atomic E-state index is 0.0115. The Morgan fingerprint density at radius 1 is 1.36 bits per heavy atom. The highest BCUT2D eigenvalue weighted by Gasteiger charge is 2.26. The van der Waals surface area contributed by atoms with Crippen molar-refractivity contribution in [1.82, 2.24) is 0 Å². The minimum atomic E-state index is -0.494. The van der Waals surface area contributed by atoms with Gasteiger partial charge in [-0.1, -0.05) is 22.0 Å². The van der Waals surface area contributed by atoms with E-state index < -0.39 is 5.92 Å². The first-order valence-electron chi connectivity index (χ1n) is 4.74. The van der Waals surface area contributed by atoms with Crippen molar-refractivity contribution in [3.8, 4) is 0 Å². The molecule has 0 unspecified atom stereocenters. The fourth-order valence-corrected chi connectivity index (χ4v) is 1.95. The van der Waals surface area contributed by atoms with Crippen molar-refractivity contribution in [1.29, 1.82) is 0 Å². The van der Waals surface area contributed by atoms with E-state index in [0.29, 0.717) is 0 Å². The van der Waals surface area contributed by atoms with Crippen molar-refractivity contribution in [2.45, 2.75) is 26.7 Å². The van der Waals surface area contributed by atoms with Crippen LogP contribution in [-0.4, -0.2) is 16.9 Å². The molecule has 0 bridgehead atoms. The first kappa shape index (κ1) is 13.6. The molecule has 0 radical (unpaired) electrons. The Morgan fingerprint density at radius 3 is 2.14 bits per heavy atom. The number of alkyl halides is 1. The van der Waals surface area contributed by atoms with Crippen LogP contribution in [-0.2, 0) is 9.59 Å². The third-order valence-electron chi connectivity index (χ3n) is 2.28. The highest BCUT2D eigenvalue weighted by Crippen LogP contribution is 2.21. The van der Waals surface area contributed by atoms with E-state index in [1.165, 1.54) is 13.8 Å². The molecular weight excluding hydrogens is 244 g/mol. The van der Waals surface area contributed by atoms with Gasteiger partial charge in [0.05, 0.1) is 5.92 Å². The second kappa shape index (κ2) is 6.93. The van der Waals surface area contributed by atoms with Gasteiger partial charge in [-0.3, -0.25) is 9.59 Å². The number of Topliss-reactive ketones (excluding diaryl/α,β-unsaturated/α-hetero) is 2. The van der Waals surface area contributed by atoms with Crippen LogP contribution >= 0.6 is 15.9 Å². The molecule has 0 aromatic heterocycles. The van der Waals surface area contributed by atoms with Crippen LogP contribution < -0.4 is 0 Å². The third kappa shape index (κ3) is 4.18. The predicted octanol–water partition coefficient (Wildman–Crippen LogP) is 2.76. The monoisotopic (exact) mass is 260 g/mol. The SMILES string of the molecule is C=C[C@@H](CCCBr)C(C(C)=O)C(C)=O. The lowest BCUT2D eigenvalue weighted by atomic mass is 9.83. The lowest BCUT2D eigenvalue weighted by molar-refractivity contribution is -0.131. The molecule has 80 valence electrons. The molecule has 0 aliphatic heterocycles. The summed E-state index contributed by atoms with van der Waals surface area (Å²) in [5, 5.41) is 0.889. The summed E-state index contributed by atoms with van der Waals surface area (Å²) in [4.78, 5) is 22.5. The Hall–Kier alpha value is -0.440. The Labute approximate surface area is 93.9 Å². The molecule has 0 heterocycles. The lowest BCUT2D eigenvalue weighted by Gasteiger charge is -2.19. The second-order valence-electron chi connectivity index (χ2n) is 3.43. The number of allylic oxidation sites excluding steroid dienone is 1. The number of carbonyl (C=O) groups is 2. The quantitative estimate of drug-likeness (QED) is 0.401. The molecule has 0 rings (SSSR count). The molecule has 0 aliphatic rings. The van der Waals surface area contributed by atoms with Gasteiger partial charge < -0.3 is 0 Å². The van der Waals surface area contributed by atoms with Crippen molar-refractivity contribution in [2.24, 2.45) is 11.8 Å². The zero-order valence-corrected chi connectivity index (χ0v) is 10.3. The third-order valence-corrected chi connectivity index (χ3v) is 2.84. The number of carbonyl (C=O) groups excluding carboxylic acids is 2. The van der Waals surface area contributed by atoms with E-state index in [1.54, 1.807) is 6.08 Å². The summed E-state index contributed by atoms with van der Waals surface area (Å²) in [6, 6.07) is 0. The van der Waals surface area contributed by atoms with E-state index >= 15 is 0 Å².